The highest BCUT2D eigenvalue weighted by Crippen LogP contribution is 2.12. The summed E-state index contributed by atoms with van der Waals surface area (Å²) in [6, 6.07) is -5.88. The molecule has 0 aliphatic heterocycles. The molecule has 2 rings (SSSR count). The number of hydrogen-bond acceptors (Lipinski definition) is 11. The molecule has 0 saturated heterocycles. The first-order valence-electron chi connectivity index (χ1n) is 15.5. The van der Waals surface area contributed by atoms with Crippen molar-refractivity contribution < 1.29 is 69.0 Å². The van der Waals surface area contributed by atoms with Crippen LogP contribution in [-0.4, -0.2) is 127 Å². The fourth-order valence-electron chi connectivity index (χ4n) is 4.80. The number of imidazole rings is 2. The van der Waals surface area contributed by atoms with E-state index >= 15 is 0 Å². The molecule has 0 aliphatic rings. The molecule has 22 heteroatoms. The number of aromatic nitrogens is 4. The van der Waals surface area contributed by atoms with E-state index in [-0.39, 0.29) is 39.0 Å². The maximum atomic E-state index is 12.6. The smallest absolute Gasteiger partial charge is 0.326 e. The van der Waals surface area contributed by atoms with E-state index in [2.05, 4.69) is 15.3 Å². The van der Waals surface area contributed by atoms with Crippen LogP contribution in [0.2, 0.25) is 0 Å². The summed E-state index contributed by atoms with van der Waals surface area (Å²) < 4.78 is 2.86. The Bertz CT molecular complexity index is 1500. The van der Waals surface area contributed by atoms with Crippen LogP contribution in [0.3, 0.4) is 0 Å². The monoisotopic (exact) mass is 724 g/mol. The number of carbonyl (C=O) groups is 8. The zero-order valence-corrected chi connectivity index (χ0v) is 27.2. The summed E-state index contributed by atoms with van der Waals surface area (Å²) in [4.78, 5) is 103. The van der Waals surface area contributed by atoms with Crippen LogP contribution in [-0.2, 0) is 59.7 Å². The summed E-state index contributed by atoms with van der Waals surface area (Å²) >= 11 is 0. The van der Waals surface area contributed by atoms with E-state index in [4.69, 9.17) is 10.2 Å². The van der Waals surface area contributed by atoms with Gasteiger partial charge in [-0.25, -0.2) is 29.1 Å². The summed E-state index contributed by atoms with van der Waals surface area (Å²) in [5.74, 6) is -7.96. The number of aliphatic carboxylic acids is 6. The van der Waals surface area contributed by atoms with Crippen LogP contribution in [0.5, 0.6) is 0 Å². The lowest BCUT2D eigenvalue weighted by Crippen LogP contribution is -2.51. The van der Waals surface area contributed by atoms with Crippen molar-refractivity contribution in [3.8, 4) is 0 Å². The molecule has 0 aromatic carbocycles. The number of nitrogens with one attached hydrogen (secondary N) is 3. The molecule has 0 radical (unpaired) electrons. The Balaban J connectivity index is 1.97. The predicted octanol–water partition coefficient (Wildman–Crippen LogP) is -1.16. The quantitative estimate of drug-likeness (QED) is 0.0545. The minimum absolute atomic E-state index is 0.0356. The molecular formula is C29H40N8O14. The third-order valence-corrected chi connectivity index (χ3v) is 7.31. The van der Waals surface area contributed by atoms with Gasteiger partial charge in [0, 0.05) is 37.6 Å². The van der Waals surface area contributed by atoms with Crippen LogP contribution < -0.4 is 16.0 Å². The molecule has 51 heavy (non-hydrogen) atoms. The number of urea groups is 1. The van der Waals surface area contributed by atoms with Gasteiger partial charge < -0.3 is 55.7 Å². The zero-order valence-electron chi connectivity index (χ0n) is 27.2. The fourth-order valence-corrected chi connectivity index (χ4v) is 4.80. The SMILES string of the molecule is O=C(O)CC[C@H](NC(=O)N[C@@H](CCC(=O)N[C@@H](CCCCN(Cc1nccn1CC(=O)O)Cc1nccn1CC(=O)O)C(=O)O)C(=O)O)C(=O)O. The Hall–Kier alpha value is -6.06. The first kappa shape index (κ1) is 41.1. The summed E-state index contributed by atoms with van der Waals surface area (Å²) in [6.07, 6.45) is 4.42. The second-order valence-corrected chi connectivity index (χ2v) is 11.3. The molecule has 0 saturated carbocycles. The number of carboxylic acids is 6. The van der Waals surface area contributed by atoms with Gasteiger partial charge in [-0.15, -0.1) is 0 Å². The standard InChI is InChI=1S/C29H40N8O14/c38-22(6-4-18(27(47)48)33-29(51)34-19(28(49)50)5-7-23(39)40)32-17(26(45)46)3-1-2-10-35(13-20-30-8-11-36(20)15-24(41)42)14-21-31-9-12-37(21)16-25(43)44/h8-9,11-12,17-19H,1-7,10,13-16H2,(H,32,38)(H,39,40)(H,41,42)(H,43,44)(H,45,46)(H,47,48)(H,49,50)(H2,33,34,51)/t17-,18-,19-/m0/s1. The molecule has 0 fully saturated rings. The lowest BCUT2D eigenvalue weighted by molar-refractivity contribution is -0.142. The average Bonchev–Trinajstić information content (AvgIpc) is 3.65. The van der Waals surface area contributed by atoms with Crippen LogP contribution in [0.1, 0.15) is 56.6 Å². The second-order valence-electron chi connectivity index (χ2n) is 11.3. The first-order valence-corrected chi connectivity index (χ1v) is 15.5. The average molecular weight is 725 g/mol. The van der Waals surface area contributed by atoms with E-state index in [1.54, 1.807) is 0 Å². The molecule has 0 unspecified atom stereocenters. The van der Waals surface area contributed by atoms with Crippen molar-refractivity contribution in [3.05, 3.63) is 36.4 Å². The van der Waals surface area contributed by atoms with Crippen molar-refractivity contribution in [2.45, 2.75) is 89.3 Å². The number of unbranched alkanes of at least 4 members (excludes halogenated alkanes) is 1. The third-order valence-electron chi connectivity index (χ3n) is 7.31. The van der Waals surface area contributed by atoms with Gasteiger partial charge in [-0.2, -0.15) is 0 Å². The number of carboxylic acid groups (broad SMARTS) is 6. The highest BCUT2D eigenvalue weighted by Gasteiger charge is 2.27. The van der Waals surface area contributed by atoms with E-state index in [1.165, 1.54) is 33.9 Å². The lowest BCUT2D eigenvalue weighted by atomic mass is 10.1. The number of hydrogen-bond donors (Lipinski definition) is 9. The molecule has 2 heterocycles. The number of rotatable bonds is 25. The summed E-state index contributed by atoms with van der Waals surface area (Å²) in [5, 5.41) is 61.7. The Morgan fingerprint density at radius 2 is 1.06 bits per heavy atom. The van der Waals surface area contributed by atoms with Crippen LogP contribution in [0.4, 0.5) is 4.79 Å². The maximum absolute atomic E-state index is 12.6. The zero-order chi connectivity index (χ0) is 38.1. The van der Waals surface area contributed by atoms with E-state index in [9.17, 15) is 58.8 Å². The molecule has 2 aromatic heterocycles. The maximum Gasteiger partial charge on any atom is 0.326 e. The van der Waals surface area contributed by atoms with Crippen molar-refractivity contribution in [1.82, 2.24) is 40.0 Å². The Morgan fingerprint density at radius 1 is 0.608 bits per heavy atom. The van der Waals surface area contributed by atoms with E-state index in [0.717, 1.165) is 0 Å². The summed E-state index contributed by atoms with van der Waals surface area (Å²) in [6.45, 7) is -0.0713. The highest BCUT2D eigenvalue weighted by molar-refractivity contribution is 5.87. The first-order chi connectivity index (χ1) is 24.0. The molecule has 0 spiro atoms. The van der Waals surface area contributed by atoms with Gasteiger partial charge in [-0.3, -0.25) is 24.1 Å². The fraction of sp³-hybridized carbons (Fsp3) is 0.517. The number of carbonyl (C=O) groups excluding carboxylic acids is 2. The number of amides is 3. The van der Waals surface area contributed by atoms with Crippen molar-refractivity contribution in [3.63, 3.8) is 0 Å². The normalized spacial score (nSPS) is 12.7. The van der Waals surface area contributed by atoms with Gasteiger partial charge in [0.15, 0.2) is 0 Å². The van der Waals surface area contributed by atoms with Gasteiger partial charge in [0.25, 0.3) is 0 Å². The molecule has 22 nitrogen and oxygen atoms in total. The highest BCUT2D eigenvalue weighted by atomic mass is 16.4. The Labute approximate surface area is 289 Å². The predicted molar refractivity (Wildman–Crippen MR) is 168 cm³/mol. The molecule has 0 bridgehead atoms. The van der Waals surface area contributed by atoms with Crippen LogP contribution in [0.25, 0.3) is 0 Å². The largest absolute Gasteiger partial charge is 0.481 e. The molecular weight excluding hydrogens is 684 g/mol. The van der Waals surface area contributed by atoms with Gasteiger partial charge in [0.2, 0.25) is 5.91 Å². The van der Waals surface area contributed by atoms with Crippen LogP contribution in [0, 0.1) is 0 Å². The second kappa shape index (κ2) is 20.5. The Kier molecular flexibility index (Phi) is 16.5. The van der Waals surface area contributed by atoms with E-state index in [1.807, 2.05) is 15.5 Å². The molecule has 3 amide bonds. The minimum atomic E-state index is -1.67. The molecule has 0 aliphatic carbocycles. The third kappa shape index (κ3) is 15.4. The summed E-state index contributed by atoms with van der Waals surface area (Å²) in [7, 11) is 0. The van der Waals surface area contributed by atoms with Crippen LogP contribution in [0.15, 0.2) is 24.8 Å². The molecule has 280 valence electrons. The van der Waals surface area contributed by atoms with Gasteiger partial charge in [-0.1, -0.05) is 0 Å². The van der Waals surface area contributed by atoms with Crippen molar-refractivity contribution in [1.29, 1.82) is 0 Å². The molecule has 3 atom stereocenters. The van der Waals surface area contributed by atoms with Crippen LogP contribution >= 0.6 is 0 Å². The topological polar surface area (TPSA) is 333 Å². The van der Waals surface area contributed by atoms with E-state index < -0.39 is 91.6 Å². The van der Waals surface area contributed by atoms with Gasteiger partial charge >= 0.3 is 41.8 Å². The Morgan fingerprint density at radius 3 is 1.49 bits per heavy atom. The van der Waals surface area contributed by atoms with Gasteiger partial charge in [0.1, 0.15) is 42.9 Å². The van der Waals surface area contributed by atoms with Crippen molar-refractivity contribution in [2.24, 2.45) is 0 Å². The molecule has 9 N–H and O–H groups in total. The van der Waals surface area contributed by atoms with Gasteiger partial charge in [0.05, 0.1) is 13.1 Å². The molecule has 2 aromatic rings. The lowest BCUT2D eigenvalue weighted by Gasteiger charge is -2.23. The number of nitrogens with zero attached hydrogens (tertiary/aromatic N) is 5. The van der Waals surface area contributed by atoms with Gasteiger partial charge in [-0.05, 0) is 38.6 Å². The van der Waals surface area contributed by atoms with E-state index in [0.29, 0.717) is 24.6 Å². The minimum Gasteiger partial charge on any atom is -0.481 e. The summed E-state index contributed by atoms with van der Waals surface area (Å²) in [5.41, 5.74) is 0. The van der Waals surface area contributed by atoms with Crippen molar-refractivity contribution >= 4 is 47.8 Å². The van der Waals surface area contributed by atoms with Crippen molar-refractivity contribution in [2.75, 3.05) is 6.54 Å².